The van der Waals surface area contributed by atoms with Gasteiger partial charge in [-0.3, -0.25) is 9.88 Å². The van der Waals surface area contributed by atoms with Crippen LogP contribution in [0.3, 0.4) is 0 Å². The lowest BCUT2D eigenvalue weighted by atomic mass is 10.0. The van der Waals surface area contributed by atoms with E-state index in [1.807, 2.05) is 29.2 Å². The molecule has 0 saturated carbocycles. The van der Waals surface area contributed by atoms with Crippen molar-refractivity contribution in [1.82, 2.24) is 19.9 Å². The smallest absolute Gasteiger partial charge is 0.407 e. The molecule has 2 aliphatic heterocycles. The van der Waals surface area contributed by atoms with Gasteiger partial charge in [-0.2, -0.15) is 0 Å². The number of piperazine rings is 1. The molecule has 0 spiro atoms. The molecule has 0 radical (unpaired) electrons. The minimum Gasteiger partial charge on any atom is -0.508 e. The molecule has 2 aliphatic rings. The molecule has 2 fully saturated rings. The van der Waals surface area contributed by atoms with Crippen molar-refractivity contribution >= 4 is 33.6 Å². The highest BCUT2D eigenvalue weighted by Gasteiger charge is 2.43. The van der Waals surface area contributed by atoms with Crippen molar-refractivity contribution in [3.63, 3.8) is 0 Å². The maximum atomic E-state index is 15.8. The third-order valence-corrected chi connectivity index (χ3v) is 6.71. The molecule has 0 aliphatic carbocycles. The molecule has 8 nitrogen and oxygen atoms in total. The molecule has 2 unspecified atom stereocenters. The number of halogens is 1. The summed E-state index contributed by atoms with van der Waals surface area (Å²) in [4.78, 5) is 28.2. The van der Waals surface area contributed by atoms with E-state index in [-0.39, 0.29) is 29.0 Å². The fourth-order valence-electron chi connectivity index (χ4n) is 5.30. The number of fused-ring (bicyclic) bond motifs is 4. The van der Waals surface area contributed by atoms with Gasteiger partial charge in [-0.15, -0.1) is 0 Å². The highest BCUT2D eigenvalue weighted by molar-refractivity contribution is 5.99. The molecule has 2 aromatic carbocycles. The average molecular weight is 445 g/mol. The Hall–Kier alpha value is -4.01. The van der Waals surface area contributed by atoms with Gasteiger partial charge in [-0.05, 0) is 35.7 Å². The Morgan fingerprint density at radius 1 is 1.03 bits per heavy atom. The number of hydrogen-bond donors (Lipinski definition) is 2. The Morgan fingerprint density at radius 2 is 1.79 bits per heavy atom. The van der Waals surface area contributed by atoms with Crippen LogP contribution in [0.25, 0.3) is 32.9 Å². The molecule has 9 heteroatoms. The maximum Gasteiger partial charge on any atom is 0.407 e. The van der Waals surface area contributed by atoms with Crippen molar-refractivity contribution in [2.24, 2.45) is 0 Å². The Labute approximate surface area is 187 Å². The lowest BCUT2D eigenvalue weighted by molar-refractivity contribution is 0.114. The van der Waals surface area contributed by atoms with Crippen molar-refractivity contribution in [3.05, 3.63) is 54.7 Å². The van der Waals surface area contributed by atoms with E-state index in [0.29, 0.717) is 29.9 Å². The van der Waals surface area contributed by atoms with E-state index in [2.05, 4.69) is 15.0 Å². The fourth-order valence-corrected chi connectivity index (χ4v) is 5.30. The summed E-state index contributed by atoms with van der Waals surface area (Å²) in [6.45, 7) is 0.991. The van der Waals surface area contributed by atoms with Gasteiger partial charge in [0, 0.05) is 24.8 Å². The highest BCUT2D eigenvalue weighted by Crippen LogP contribution is 2.37. The molecular formula is C24H20FN5O3. The first-order valence-corrected chi connectivity index (χ1v) is 10.8. The second-order valence-corrected chi connectivity index (χ2v) is 8.57. The van der Waals surface area contributed by atoms with E-state index in [4.69, 9.17) is 0 Å². The molecule has 2 aromatic heterocycles. The molecule has 33 heavy (non-hydrogen) atoms. The summed E-state index contributed by atoms with van der Waals surface area (Å²) >= 11 is 0. The van der Waals surface area contributed by atoms with Gasteiger partial charge in [-0.25, -0.2) is 19.2 Å². The van der Waals surface area contributed by atoms with Gasteiger partial charge in [0.2, 0.25) is 0 Å². The van der Waals surface area contributed by atoms with Gasteiger partial charge >= 0.3 is 6.09 Å². The van der Waals surface area contributed by atoms with Crippen LogP contribution in [-0.2, 0) is 0 Å². The zero-order valence-electron chi connectivity index (χ0n) is 17.5. The van der Waals surface area contributed by atoms with Crippen LogP contribution in [0.4, 0.5) is 15.0 Å². The van der Waals surface area contributed by atoms with Crippen molar-refractivity contribution in [1.29, 1.82) is 0 Å². The fraction of sp³-hybridized carbons (Fsp3) is 0.250. The minimum absolute atomic E-state index is 0.0279. The number of carboxylic acid groups (broad SMARTS) is 1. The maximum absolute atomic E-state index is 15.8. The van der Waals surface area contributed by atoms with Crippen LogP contribution in [0.15, 0.2) is 48.9 Å². The van der Waals surface area contributed by atoms with E-state index in [1.165, 1.54) is 17.3 Å². The summed E-state index contributed by atoms with van der Waals surface area (Å²) in [5.74, 6) is -0.000136. The molecule has 2 saturated heterocycles. The first-order chi connectivity index (χ1) is 16.0. The van der Waals surface area contributed by atoms with Crippen molar-refractivity contribution in [3.8, 4) is 17.0 Å². The molecule has 2 bridgehead atoms. The van der Waals surface area contributed by atoms with Crippen LogP contribution in [0, 0.1) is 5.82 Å². The Bertz CT molecular complexity index is 1410. The van der Waals surface area contributed by atoms with E-state index in [9.17, 15) is 15.0 Å². The van der Waals surface area contributed by atoms with Gasteiger partial charge in [0.15, 0.2) is 5.82 Å². The first kappa shape index (κ1) is 19.7. The SMILES string of the molecule is O=C(O)N1C2CCC1CN(c1ncnc3c(F)c(-c4cc(O)cc5ccccc45)ncc13)C2. The summed E-state index contributed by atoms with van der Waals surface area (Å²) < 4.78 is 15.8. The van der Waals surface area contributed by atoms with Crippen LogP contribution < -0.4 is 4.90 Å². The first-order valence-electron chi connectivity index (χ1n) is 10.8. The number of benzene rings is 2. The number of aromatic hydroxyl groups is 1. The van der Waals surface area contributed by atoms with E-state index < -0.39 is 11.9 Å². The number of anilines is 1. The monoisotopic (exact) mass is 445 g/mol. The van der Waals surface area contributed by atoms with Crippen molar-refractivity contribution in [2.45, 2.75) is 24.9 Å². The van der Waals surface area contributed by atoms with Gasteiger partial charge in [0.1, 0.15) is 29.1 Å². The van der Waals surface area contributed by atoms with Crippen molar-refractivity contribution < 1.29 is 19.4 Å². The third-order valence-electron chi connectivity index (χ3n) is 6.71. The largest absolute Gasteiger partial charge is 0.508 e. The number of phenolic OH excluding ortho intramolecular Hbond substituents is 1. The predicted octanol–water partition coefficient (Wildman–Crippen LogP) is 4.02. The number of nitrogens with zero attached hydrogens (tertiary/aromatic N) is 5. The highest BCUT2D eigenvalue weighted by atomic mass is 19.1. The Morgan fingerprint density at radius 3 is 2.55 bits per heavy atom. The zero-order chi connectivity index (χ0) is 22.7. The molecule has 4 aromatic rings. The standard InChI is InChI=1S/C24H20FN5O3/c25-20-21(18-8-16(31)7-13-3-1-2-4-17(13)18)26-9-19-22(20)27-12-28-23(19)29-10-14-5-6-15(11-29)30(14)24(32)33/h1-4,7-9,12,14-15,31H,5-6,10-11H2,(H,32,33). The number of phenols is 1. The molecule has 6 rings (SSSR count). The molecule has 4 heterocycles. The van der Waals surface area contributed by atoms with Crippen LogP contribution in [0.1, 0.15) is 12.8 Å². The third kappa shape index (κ3) is 3.03. The normalized spacial score (nSPS) is 20.0. The lowest BCUT2D eigenvalue weighted by Crippen LogP contribution is -2.55. The summed E-state index contributed by atoms with van der Waals surface area (Å²) in [7, 11) is 0. The molecule has 2 atom stereocenters. The molecule has 166 valence electrons. The van der Waals surface area contributed by atoms with Crippen molar-refractivity contribution in [2.75, 3.05) is 18.0 Å². The number of hydrogen-bond acceptors (Lipinski definition) is 6. The number of aromatic nitrogens is 3. The van der Waals surface area contributed by atoms with Crippen LogP contribution in [0.2, 0.25) is 0 Å². The number of amides is 1. The summed E-state index contributed by atoms with van der Waals surface area (Å²) in [5, 5.41) is 21.7. The van der Waals surface area contributed by atoms with Crippen LogP contribution in [0.5, 0.6) is 5.75 Å². The summed E-state index contributed by atoms with van der Waals surface area (Å²) in [5.41, 5.74) is 0.735. The zero-order valence-corrected chi connectivity index (χ0v) is 17.5. The Kier molecular flexibility index (Phi) is 4.33. The van der Waals surface area contributed by atoms with E-state index in [1.54, 1.807) is 12.3 Å². The second kappa shape index (κ2) is 7.26. The Balaban J connectivity index is 1.46. The van der Waals surface area contributed by atoms with Gasteiger partial charge in [0.05, 0.1) is 17.5 Å². The predicted molar refractivity (Wildman–Crippen MR) is 121 cm³/mol. The van der Waals surface area contributed by atoms with E-state index in [0.717, 1.165) is 23.6 Å². The molecule has 1 amide bonds. The minimum atomic E-state index is -0.898. The average Bonchev–Trinajstić information content (AvgIpc) is 3.09. The summed E-state index contributed by atoms with van der Waals surface area (Å²) in [6.07, 6.45) is 3.60. The quantitative estimate of drug-likeness (QED) is 0.480. The lowest BCUT2D eigenvalue weighted by Gasteiger charge is -2.40. The van der Waals surface area contributed by atoms with Crippen LogP contribution >= 0.6 is 0 Å². The van der Waals surface area contributed by atoms with E-state index >= 15 is 4.39 Å². The number of rotatable bonds is 2. The topological polar surface area (TPSA) is 103 Å². The number of pyridine rings is 1. The van der Waals surface area contributed by atoms with Gasteiger partial charge in [-0.1, -0.05) is 24.3 Å². The number of carbonyl (C=O) groups is 1. The van der Waals surface area contributed by atoms with Gasteiger partial charge in [0.25, 0.3) is 0 Å². The van der Waals surface area contributed by atoms with Crippen LogP contribution in [-0.4, -0.2) is 61.3 Å². The van der Waals surface area contributed by atoms with Gasteiger partial charge < -0.3 is 15.1 Å². The molecular weight excluding hydrogens is 425 g/mol. The summed E-state index contributed by atoms with van der Waals surface area (Å²) in [6, 6.07) is 10.3. The second-order valence-electron chi connectivity index (χ2n) is 8.57. The molecule has 2 N–H and O–H groups in total.